The van der Waals surface area contributed by atoms with Gasteiger partial charge in [0, 0.05) is 24.3 Å². The molecule has 2 aromatic carbocycles. The van der Waals surface area contributed by atoms with Crippen molar-refractivity contribution < 1.29 is 9.53 Å². The molecule has 0 N–H and O–H groups in total. The number of hydrogen-bond donors (Lipinski definition) is 0. The zero-order valence-corrected chi connectivity index (χ0v) is 20.6. The van der Waals surface area contributed by atoms with Crippen molar-refractivity contribution in [1.82, 2.24) is 19.7 Å². The van der Waals surface area contributed by atoms with Crippen LogP contribution in [0.25, 0.3) is 17.1 Å². The lowest BCUT2D eigenvalue weighted by molar-refractivity contribution is -0.127. The zero-order chi connectivity index (χ0) is 23.3. The highest BCUT2D eigenvalue weighted by molar-refractivity contribution is 7.99. The Morgan fingerprint density at radius 3 is 2.16 bits per heavy atom. The first-order chi connectivity index (χ1) is 15.3. The van der Waals surface area contributed by atoms with E-state index >= 15 is 0 Å². The van der Waals surface area contributed by atoms with Crippen LogP contribution in [0.2, 0.25) is 0 Å². The van der Waals surface area contributed by atoms with Crippen molar-refractivity contribution in [3.05, 3.63) is 54.1 Å². The van der Waals surface area contributed by atoms with Gasteiger partial charge in [-0.25, -0.2) is 0 Å². The predicted octanol–water partition coefficient (Wildman–Crippen LogP) is 5.20. The number of aromatic nitrogens is 3. The maximum absolute atomic E-state index is 12.5. The van der Waals surface area contributed by atoms with Crippen molar-refractivity contribution in [2.24, 2.45) is 0 Å². The summed E-state index contributed by atoms with van der Waals surface area (Å²) in [5.41, 5.74) is 3.23. The van der Waals surface area contributed by atoms with Crippen LogP contribution in [0.15, 0.2) is 53.7 Å². The molecule has 3 aromatic rings. The predicted molar refractivity (Wildman–Crippen MR) is 131 cm³/mol. The quantitative estimate of drug-likeness (QED) is 0.440. The fourth-order valence-corrected chi connectivity index (χ4v) is 4.28. The summed E-state index contributed by atoms with van der Waals surface area (Å²) in [6, 6.07) is 16.2. The number of thioether (sulfide) groups is 1. The van der Waals surface area contributed by atoms with E-state index in [1.54, 1.807) is 7.11 Å². The molecule has 0 bridgehead atoms. The number of amides is 1. The third-order valence-corrected chi connectivity index (χ3v) is 6.33. The van der Waals surface area contributed by atoms with Crippen molar-refractivity contribution in [3.63, 3.8) is 0 Å². The number of benzene rings is 2. The van der Waals surface area contributed by atoms with Crippen molar-refractivity contribution in [2.75, 3.05) is 26.0 Å². The maximum atomic E-state index is 12.5. The second-order valence-corrected chi connectivity index (χ2v) is 9.46. The lowest BCUT2D eigenvalue weighted by Gasteiger charge is -2.19. The average molecular weight is 453 g/mol. The highest BCUT2D eigenvalue weighted by Gasteiger charge is 2.20. The van der Waals surface area contributed by atoms with Gasteiger partial charge in [-0.2, -0.15) is 0 Å². The third-order valence-electron chi connectivity index (χ3n) is 5.41. The summed E-state index contributed by atoms with van der Waals surface area (Å²) in [4.78, 5) is 14.4. The minimum atomic E-state index is 0.0774. The summed E-state index contributed by atoms with van der Waals surface area (Å²) < 4.78 is 7.32. The molecule has 0 aliphatic carbocycles. The molecule has 0 aliphatic heterocycles. The van der Waals surface area contributed by atoms with Gasteiger partial charge in [-0.3, -0.25) is 9.36 Å². The molecular formula is C25H32N4O2S. The van der Waals surface area contributed by atoms with Gasteiger partial charge >= 0.3 is 0 Å². The normalized spacial score (nSPS) is 11.4. The van der Waals surface area contributed by atoms with Crippen LogP contribution in [-0.2, 0) is 10.2 Å². The summed E-state index contributed by atoms with van der Waals surface area (Å²) in [5.74, 6) is 1.94. The number of carbonyl (C=O) groups is 1. The van der Waals surface area contributed by atoms with E-state index in [9.17, 15) is 4.79 Å². The molecule has 6 nitrogen and oxygen atoms in total. The molecule has 0 fully saturated rings. The van der Waals surface area contributed by atoms with Gasteiger partial charge < -0.3 is 9.64 Å². The molecule has 1 amide bonds. The van der Waals surface area contributed by atoms with E-state index in [2.05, 4.69) is 55.2 Å². The van der Waals surface area contributed by atoms with Gasteiger partial charge in [0.1, 0.15) is 5.75 Å². The minimum absolute atomic E-state index is 0.0774. The molecule has 0 radical (unpaired) electrons. The van der Waals surface area contributed by atoms with Gasteiger partial charge in [-0.15, -0.1) is 10.2 Å². The van der Waals surface area contributed by atoms with Gasteiger partial charge in [0.25, 0.3) is 0 Å². The highest BCUT2D eigenvalue weighted by Crippen LogP contribution is 2.31. The lowest BCUT2D eigenvalue weighted by Crippen LogP contribution is -2.31. The average Bonchev–Trinajstić information content (AvgIpc) is 3.22. The van der Waals surface area contributed by atoms with E-state index < -0.39 is 0 Å². The molecule has 3 rings (SSSR count). The van der Waals surface area contributed by atoms with E-state index in [1.165, 1.54) is 17.3 Å². The first-order valence-corrected chi connectivity index (χ1v) is 11.9. The highest BCUT2D eigenvalue weighted by atomic mass is 32.2. The van der Waals surface area contributed by atoms with Crippen molar-refractivity contribution in [2.45, 2.75) is 45.2 Å². The second kappa shape index (κ2) is 10.2. The van der Waals surface area contributed by atoms with E-state index in [0.717, 1.165) is 22.8 Å². The smallest absolute Gasteiger partial charge is 0.233 e. The van der Waals surface area contributed by atoms with Crippen LogP contribution in [0.3, 0.4) is 0 Å². The number of methoxy groups -OCH3 is 1. The molecule has 0 aliphatic rings. The Morgan fingerprint density at radius 2 is 1.62 bits per heavy atom. The summed E-state index contributed by atoms with van der Waals surface area (Å²) >= 11 is 1.41. The van der Waals surface area contributed by atoms with Crippen LogP contribution >= 0.6 is 11.8 Å². The van der Waals surface area contributed by atoms with E-state index in [-0.39, 0.29) is 11.3 Å². The summed E-state index contributed by atoms with van der Waals surface area (Å²) in [7, 11) is 1.65. The first kappa shape index (κ1) is 23.9. The fraction of sp³-hybridized carbons (Fsp3) is 0.400. The number of nitrogens with zero attached hydrogens (tertiary/aromatic N) is 4. The van der Waals surface area contributed by atoms with Crippen LogP contribution in [0, 0.1) is 0 Å². The lowest BCUT2D eigenvalue weighted by atomic mass is 9.87. The molecule has 1 aromatic heterocycles. The molecule has 32 heavy (non-hydrogen) atoms. The standard InChI is InChI=1S/C25H32N4O2S/c1-7-28(8-2)22(30)17-32-24-27-26-23(18-9-11-19(12-10-18)25(3,4)5)29(24)20-13-15-21(31-6)16-14-20/h9-16H,7-8,17H2,1-6H3. The Kier molecular flexibility index (Phi) is 7.61. The Balaban J connectivity index is 1.99. The van der Waals surface area contributed by atoms with E-state index in [1.807, 2.05) is 47.6 Å². The Labute approximate surface area is 195 Å². The van der Waals surface area contributed by atoms with Gasteiger partial charge in [-0.1, -0.05) is 56.8 Å². The van der Waals surface area contributed by atoms with Crippen LogP contribution in [0.5, 0.6) is 5.75 Å². The van der Waals surface area contributed by atoms with Crippen LogP contribution < -0.4 is 4.74 Å². The molecule has 0 unspecified atom stereocenters. The second-order valence-electron chi connectivity index (χ2n) is 8.52. The summed E-state index contributed by atoms with van der Waals surface area (Å²) in [6.45, 7) is 12.0. The van der Waals surface area contributed by atoms with Crippen LogP contribution in [-0.4, -0.2) is 51.5 Å². The van der Waals surface area contributed by atoms with Gasteiger partial charge in [0.15, 0.2) is 11.0 Å². The molecule has 7 heteroatoms. The van der Waals surface area contributed by atoms with E-state index in [0.29, 0.717) is 24.0 Å². The molecule has 0 saturated heterocycles. The van der Waals surface area contributed by atoms with Crippen molar-refractivity contribution >= 4 is 17.7 Å². The Hall–Kier alpha value is -2.80. The Bertz CT molecular complexity index is 1030. The number of carbonyl (C=O) groups excluding carboxylic acids is 1. The third kappa shape index (κ3) is 5.33. The summed E-state index contributed by atoms with van der Waals surface area (Å²) in [6.07, 6.45) is 0. The fourth-order valence-electron chi connectivity index (χ4n) is 3.43. The molecule has 0 spiro atoms. The monoisotopic (exact) mass is 452 g/mol. The van der Waals surface area contributed by atoms with Gasteiger partial charge in [0.2, 0.25) is 5.91 Å². The van der Waals surface area contributed by atoms with Gasteiger partial charge in [0.05, 0.1) is 12.9 Å². The molecular weight excluding hydrogens is 420 g/mol. The zero-order valence-electron chi connectivity index (χ0n) is 19.8. The van der Waals surface area contributed by atoms with Crippen molar-refractivity contribution in [1.29, 1.82) is 0 Å². The molecule has 0 atom stereocenters. The van der Waals surface area contributed by atoms with Crippen molar-refractivity contribution in [3.8, 4) is 22.8 Å². The van der Waals surface area contributed by atoms with E-state index in [4.69, 9.17) is 4.74 Å². The minimum Gasteiger partial charge on any atom is -0.497 e. The van der Waals surface area contributed by atoms with Crippen LogP contribution in [0.4, 0.5) is 0 Å². The number of rotatable bonds is 8. The summed E-state index contributed by atoms with van der Waals surface area (Å²) in [5, 5.41) is 9.62. The molecule has 1 heterocycles. The molecule has 170 valence electrons. The molecule has 0 saturated carbocycles. The largest absolute Gasteiger partial charge is 0.497 e. The number of ether oxygens (including phenoxy) is 1. The maximum Gasteiger partial charge on any atom is 0.233 e. The van der Waals surface area contributed by atoms with Crippen LogP contribution in [0.1, 0.15) is 40.2 Å². The number of hydrogen-bond acceptors (Lipinski definition) is 5. The SMILES string of the molecule is CCN(CC)C(=O)CSc1nnc(-c2ccc(C(C)(C)C)cc2)n1-c1ccc(OC)cc1. The Morgan fingerprint density at radius 1 is 1.00 bits per heavy atom. The van der Waals surface area contributed by atoms with Gasteiger partial charge in [-0.05, 0) is 49.1 Å². The first-order valence-electron chi connectivity index (χ1n) is 10.9. The topological polar surface area (TPSA) is 60.2 Å².